The number of benzene rings is 3. The van der Waals surface area contributed by atoms with Gasteiger partial charge in [-0.25, -0.2) is 8.42 Å². The number of aryl methyl sites for hydroxylation is 1. The van der Waals surface area contributed by atoms with Gasteiger partial charge < -0.3 is 4.52 Å². The molecule has 0 spiro atoms. The number of nitrogens with zero attached hydrogens (tertiary/aromatic N) is 1. The highest BCUT2D eigenvalue weighted by molar-refractivity contribution is 7.91. The number of fused-ring (bicyclic) bond motifs is 3. The lowest BCUT2D eigenvalue weighted by Gasteiger charge is -2.02. The monoisotopic (exact) mass is 323 g/mol. The molecule has 0 amide bonds. The molecule has 1 heterocycles. The Morgan fingerprint density at radius 3 is 2.39 bits per heavy atom. The molecule has 0 radical (unpaired) electrons. The van der Waals surface area contributed by atoms with Crippen molar-refractivity contribution in [2.24, 2.45) is 0 Å². The van der Waals surface area contributed by atoms with Crippen molar-refractivity contribution in [3.8, 4) is 0 Å². The van der Waals surface area contributed by atoms with Crippen LogP contribution < -0.4 is 0 Å². The van der Waals surface area contributed by atoms with Crippen molar-refractivity contribution in [3.63, 3.8) is 0 Å². The molecule has 0 aliphatic heterocycles. The summed E-state index contributed by atoms with van der Waals surface area (Å²) in [5.41, 5.74) is 1.56. The molecule has 23 heavy (non-hydrogen) atoms. The fraction of sp³-hybridized carbons (Fsp3) is 0.0556. The Kier molecular flexibility index (Phi) is 2.99. The van der Waals surface area contributed by atoms with Crippen LogP contribution in [-0.2, 0) is 9.84 Å². The lowest BCUT2D eigenvalue weighted by Crippen LogP contribution is -2.01. The maximum Gasteiger partial charge on any atom is 0.263 e. The zero-order valence-electron chi connectivity index (χ0n) is 12.4. The highest BCUT2D eigenvalue weighted by Gasteiger charge is 2.26. The summed E-state index contributed by atoms with van der Waals surface area (Å²) in [6.45, 7) is 1.91. The molecular weight excluding hydrogens is 310 g/mol. The third-order valence-corrected chi connectivity index (χ3v) is 5.59. The molecule has 0 aliphatic carbocycles. The Hall–Kier alpha value is -2.66. The van der Waals surface area contributed by atoms with Crippen molar-refractivity contribution in [2.45, 2.75) is 16.9 Å². The van der Waals surface area contributed by atoms with Crippen LogP contribution >= 0.6 is 0 Å². The standard InChI is InChI=1S/C18H13NO3S/c1-12-6-9-14(10-7-12)23(20,21)18-16-11-8-13-4-2-3-5-15(13)17(16)19-22-18/h2-11H,1H3. The summed E-state index contributed by atoms with van der Waals surface area (Å²) in [6.07, 6.45) is 0. The normalized spacial score (nSPS) is 12.0. The Balaban J connectivity index is 1.99. The topological polar surface area (TPSA) is 60.2 Å². The maximum atomic E-state index is 12.8. The van der Waals surface area contributed by atoms with Crippen LogP contribution in [0.15, 0.2) is 75.2 Å². The van der Waals surface area contributed by atoms with E-state index < -0.39 is 9.84 Å². The van der Waals surface area contributed by atoms with E-state index in [0.29, 0.717) is 10.9 Å². The minimum atomic E-state index is -3.74. The van der Waals surface area contributed by atoms with Crippen LogP contribution in [0.1, 0.15) is 5.56 Å². The second kappa shape index (κ2) is 4.93. The van der Waals surface area contributed by atoms with E-state index in [1.807, 2.05) is 37.3 Å². The quantitative estimate of drug-likeness (QED) is 0.557. The molecule has 4 rings (SSSR count). The van der Waals surface area contributed by atoms with Gasteiger partial charge in [0.15, 0.2) is 0 Å². The van der Waals surface area contributed by atoms with Crippen LogP contribution in [0.3, 0.4) is 0 Å². The molecular formula is C18H13NO3S. The molecule has 0 unspecified atom stereocenters. The lowest BCUT2D eigenvalue weighted by atomic mass is 10.1. The van der Waals surface area contributed by atoms with Crippen LogP contribution in [-0.4, -0.2) is 13.6 Å². The van der Waals surface area contributed by atoms with E-state index in [2.05, 4.69) is 5.16 Å². The molecule has 0 aliphatic rings. The molecule has 3 aromatic carbocycles. The Bertz CT molecular complexity index is 1130. The second-order valence-corrected chi connectivity index (χ2v) is 7.32. The van der Waals surface area contributed by atoms with Gasteiger partial charge in [0.2, 0.25) is 9.84 Å². The summed E-state index contributed by atoms with van der Waals surface area (Å²) in [7, 11) is -3.74. The first-order valence-electron chi connectivity index (χ1n) is 7.16. The third-order valence-electron chi connectivity index (χ3n) is 3.92. The highest BCUT2D eigenvalue weighted by Crippen LogP contribution is 2.32. The van der Waals surface area contributed by atoms with Gasteiger partial charge in [-0.2, -0.15) is 0 Å². The maximum absolute atomic E-state index is 12.8. The molecule has 4 aromatic rings. The smallest absolute Gasteiger partial charge is 0.263 e. The van der Waals surface area contributed by atoms with E-state index in [-0.39, 0.29) is 9.99 Å². The largest absolute Gasteiger partial charge is 0.343 e. The number of aromatic nitrogens is 1. The van der Waals surface area contributed by atoms with Gasteiger partial charge >= 0.3 is 0 Å². The average Bonchev–Trinajstić information content (AvgIpc) is 3.00. The zero-order chi connectivity index (χ0) is 16.0. The summed E-state index contributed by atoms with van der Waals surface area (Å²) in [4.78, 5) is 0.203. The summed E-state index contributed by atoms with van der Waals surface area (Å²) >= 11 is 0. The molecule has 1 aromatic heterocycles. The predicted molar refractivity (Wildman–Crippen MR) is 88.1 cm³/mol. The third kappa shape index (κ3) is 2.12. The van der Waals surface area contributed by atoms with Gasteiger partial charge in [0, 0.05) is 5.39 Å². The zero-order valence-corrected chi connectivity index (χ0v) is 13.2. The summed E-state index contributed by atoms with van der Waals surface area (Å²) in [6, 6.07) is 18.0. The van der Waals surface area contributed by atoms with E-state index in [0.717, 1.165) is 16.3 Å². The number of sulfone groups is 1. The minimum absolute atomic E-state index is 0.109. The lowest BCUT2D eigenvalue weighted by molar-refractivity contribution is 0.347. The highest BCUT2D eigenvalue weighted by atomic mass is 32.2. The van der Waals surface area contributed by atoms with Crippen molar-refractivity contribution in [3.05, 3.63) is 66.2 Å². The first kappa shape index (κ1) is 14.0. The van der Waals surface area contributed by atoms with Crippen LogP contribution in [0.25, 0.3) is 21.7 Å². The first-order chi connectivity index (χ1) is 11.1. The Labute approximate surface area is 133 Å². The van der Waals surface area contributed by atoms with E-state index in [1.54, 1.807) is 30.3 Å². The predicted octanol–water partition coefficient (Wildman–Crippen LogP) is 4.12. The molecule has 0 saturated carbocycles. The van der Waals surface area contributed by atoms with Crippen molar-refractivity contribution >= 4 is 31.5 Å². The Morgan fingerprint density at radius 2 is 1.61 bits per heavy atom. The van der Waals surface area contributed by atoms with E-state index in [9.17, 15) is 8.42 Å². The van der Waals surface area contributed by atoms with Gasteiger partial charge in [-0.15, -0.1) is 0 Å². The summed E-state index contributed by atoms with van der Waals surface area (Å²) in [5.74, 6) is 0. The minimum Gasteiger partial charge on any atom is -0.343 e. The summed E-state index contributed by atoms with van der Waals surface area (Å²) in [5, 5.41) is 6.26. The molecule has 4 nitrogen and oxygen atoms in total. The van der Waals surface area contributed by atoms with Gasteiger partial charge in [-0.1, -0.05) is 53.2 Å². The van der Waals surface area contributed by atoms with Crippen molar-refractivity contribution in [2.75, 3.05) is 0 Å². The van der Waals surface area contributed by atoms with Crippen LogP contribution in [0.4, 0.5) is 0 Å². The number of rotatable bonds is 2. The van der Waals surface area contributed by atoms with Gasteiger partial charge in [0.05, 0.1) is 10.3 Å². The average molecular weight is 323 g/mol. The van der Waals surface area contributed by atoms with Gasteiger partial charge in [-0.05, 0) is 30.5 Å². The van der Waals surface area contributed by atoms with Crippen molar-refractivity contribution < 1.29 is 12.9 Å². The first-order valence-corrected chi connectivity index (χ1v) is 8.64. The van der Waals surface area contributed by atoms with Crippen LogP contribution in [0, 0.1) is 6.92 Å². The van der Waals surface area contributed by atoms with Crippen molar-refractivity contribution in [1.29, 1.82) is 0 Å². The number of hydrogen-bond donors (Lipinski definition) is 0. The van der Waals surface area contributed by atoms with Gasteiger partial charge in [-0.3, -0.25) is 0 Å². The second-order valence-electron chi connectivity index (χ2n) is 5.47. The fourth-order valence-electron chi connectivity index (χ4n) is 2.67. The summed E-state index contributed by atoms with van der Waals surface area (Å²) < 4.78 is 30.9. The van der Waals surface area contributed by atoms with Gasteiger partial charge in [0.1, 0.15) is 5.52 Å². The molecule has 0 atom stereocenters. The SMILES string of the molecule is Cc1ccc(S(=O)(=O)c2onc3c2ccc2ccccc23)cc1. The fourth-order valence-corrected chi connectivity index (χ4v) is 3.97. The molecule has 0 N–H and O–H groups in total. The van der Waals surface area contributed by atoms with Gasteiger partial charge in [0.25, 0.3) is 5.09 Å². The number of hydrogen-bond acceptors (Lipinski definition) is 4. The van der Waals surface area contributed by atoms with E-state index in [1.165, 1.54) is 0 Å². The van der Waals surface area contributed by atoms with Crippen molar-refractivity contribution in [1.82, 2.24) is 5.16 Å². The Morgan fingerprint density at radius 1 is 0.870 bits per heavy atom. The van der Waals surface area contributed by atoms with E-state index >= 15 is 0 Å². The van der Waals surface area contributed by atoms with E-state index in [4.69, 9.17) is 4.52 Å². The molecule has 0 saturated heterocycles. The molecule has 0 fully saturated rings. The van der Waals surface area contributed by atoms with Crippen LogP contribution in [0.5, 0.6) is 0 Å². The molecule has 5 heteroatoms. The van der Waals surface area contributed by atoms with Crippen LogP contribution in [0.2, 0.25) is 0 Å². The molecule has 114 valence electrons. The molecule has 0 bridgehead atoms.